The highest BCUT2D eigenvalue weighted by molar-refractivity contribution is 6.32. The van der Waals surface area contributed by atoms with Gasteiger partial charge in [0.2, 0.25) is 5.91 Å². The molecular weight excluding hydrogens is 382 g/mol. The number of Topliss-reactive ketones (excluding diaryl/α,β-unsaturated/α-hetero) is 1. The van der Waals surface area contributed by atoms with Crippen molar-refractivity contribution in [3.05, 3.63) is 45.7 Å². The first-order valence-electron chi connectivity index (χ1n) is 9.16. The van der Waals surface area contributed by atoms with Gasteiger partial charge in [0.1, 0.15) is 10.7 Å². The quantitative estimate of drug-likeness (QED) is 0.523. The minimum absolute atomic E-state index is 0.0174. The number of halogens is 1. The summed E-state index contributed by atoms with van der Waals surface area (Å²) in [7, 11) is 1.70. The van der Waals surface area contributed by atoms with Gasteiger partial charge in [-0.15, -0.1) is 0 Å². The number of hydrogen-bond acceptors (Lipinski definition) is 5. The van der Waals surface area contributed by atoms with Gasteiger partial charge < -0.3 is 9.64 Å². The molecule has 0 aliphatic carbocycles. The zero-order valence-electron chi connectivity index (χ0n) is 16.1. The van der Waals surface area contributed by atoms with Crippen LogP contribution in [0.25, 0.3) is 0 Å². The van der Waals surface area contributed by atoms with E-state index in [4.69, 9.17) is 16.3 Å². The SMILES string of the molecule is CCCCn1nc(C)c(C(=O)OCC(=O)c2ccc3c(c2)CC(=O)N3C)c1Cl. The maximum atomic E-state index is 12.4. The summed E-state index contributed by atoms with van der Waals surface area (Å²) in [5, 5.41) is 4.49. The Morgan fingerprint density at radius 1 is 1.32 bits per heavy atom. The highest BCUT2D eigenvalue weighted by Crippen LogP contribution is 2.28. The molecule has 1 aromatic heterocycles. The average molecular weight is 404 g/mol. The number of aryl methyl sites for hydroxylation is 2. The molecule has 1 amide bonds. The molecule has 2 aromatic rings. The third kappa shape index (κ3) is 3.80. The van der Waals surface area contributed by atoms with Crippen molar-refractivity contribution in [2.45, 2.75) is 39.7 Å². The van der Waals surface area contributed by atoms with E-state index in [-0.39, 0.29) is 28.8 Å². The van der Waals surface area contributed by atoms with Crippen LogP contribution >= 0.6 is 11.6 Å². The molecule has 0 radical (unpaired) electrons. The molecule has 28 heavy (non-hydrogen) atoms. The molecule has 0 unspecified atom stereocenters. The minimum Gasteiger partial charge on any atom is -0.454 e. The summed E-state index contributed by atoms with van der Waals surface area (Å²) in [6.07, 6.45) is 2.13. The predicted octanol–water partition coefficient (Wildman–Crippen LogP) is 3.20. The average Bonchev–Trinajstić information content (AvgIpc) is 3.12. The van der Waals surface area contributed by atoms with Crippen LogP contribution in [0.2, 0.25) is 5.15 Å². The molecule has 1 aromatic carbocycles. The fourth-order valence-electron chi connectivity index (χ4n) is 3.17. The molecule has 2 heterocycles. The Kier molecular flexibility index (Phi) is 5.84. The molecule has 0 fully saturated rings. The van der Waals surface area contributed by atoms with Crippen LogP contribution in [0.15, 0.2) is 18.2 Å². The molecule has 0 saturated carbocycles. The van der Waals surface area contributed by atoms with Gasteiger partial charge in [0, 0.05) is 24.8 Å². The van der Waals surface area contributed by atoms with Crippen molar-refractivity contribution in [3.8, 4) is 0 Å². The molecule has 8 heteroatoms. The van der Waals surface area contributed by atoms with Crippen molar-refractivity contribution in [1.29, 1.82) is 0 Å². The topological polar surface area (TPSA) is 81.5 Å². The lowest BCUT2D eigenvalue weighted by molar-refractivity contribution is -0.117. The fourth-order valence-corrected chi connectivity index (χ4v) is 3.51. The Balaban J connectivity index is 1.67. The van der Waals surface area contributed by atoms with E-state index in [0.717, 1.165) is 24.1 Å². The van der Waals surface area contributed by atoms with E-state index in [1.165, 1.54) is 0 Å². The van der Waals surface area contributed by atoms with Crippen molar-refractivity contribution in [2.75, 3.05) is 18.6 Å². The highest BCUT2D eigenvalue weighted by Gasteiger charge is 2.26. The number of fused-ring (bicyclic) bond motifs is 1. The van der Waals surface area contributed by atoms with Gasteiger partial charge in [0.05, 0.1) is 12.1 Å². The van der Waals surface area contributed by atoms with Gasteiger partial charge in [-0.1, -0.05) is 24.9 Å². The lowest BCUT2D eigenvalue weighted by Crippen LogP contribution is -2.20. The molecule has 3 rings (SSSR count). The Hall–Kier alpha value is -2.67. The Labute approximate surface area is 168 Å². The van der Waals surface area contributed by atoms with Gasteiger partial charge >= 0.3 is 5.97 Å². The van der Waals surface area contributed by atoms with Crippen molar-refractivity contribution in [2.24, 2.45) is 0 Å². The van der Waals surface area contributed by atoms with Crippen LogP contribution in [0.4, 0.5) is 5.69 Å². The standard InChI is InChI=1S/C20H22ClN3O4/c1-4-5-8-24-19(21)18(12(2)22-24)20(27)28-11-16(25)13-6-7-15-14(9-13)10-17(26)23(15)3/h6-7,9H,4-5,8,10-11H2,1-3H3. The molecule has 0 spiro atoms. The molecule has 7 nitrogen and oxygen atoms in total. The van der Waals surface area contributed by atoms with Gasteiger partial charge in [-0.05, 0) is 37.1 Å². The second-order valence-corrected chi connectivity index (χ2v) is 7.16. The summed E-state index contributed by atoms with van der Waals surface area (Å²) >= 11 is 6.26. The molecule has 1 aliphatic rings. The number of anilines is 1. The summed E-state index contributed by atoms with van der Waals surface area (Å²) < 4.78 is 6.76. The molecule has 0 saturated heterocycles. The van der Waals surface area contributed by atoms with Crippen LogP contribution < -0.4 is 4.90 Å². The lowest BCUT2D eigenvalue weighted by atomic mass is 10.1. The zero-order chi connectivity index (χ0) is 20.4. The van der Waals surface area contributed by atoms with Crippen LogP contribution in [-0.4, -0.2) is 41.1 Å². The fraction of sp³-hybridized carbons (Fsp3) is 0.400. The summed E-state index contributed by atoms with van der Waals surface area (Å²) in [4.78, 5) is 38.2. The highest BCUT2D eigenvalue weighted by atomic mass is 35.5. The molecule has 0 atom stereocenters. The maximum absolute atomic E-state index is 12.4. The number of likely N-dealkylation sites (N-methyl/N-ethyl adjacent to an activating group) is 1. The third-order valence-electron chi connectivity index (χ3n) is 4.81. The number of amides is 1. The van der Waals surface area contributed by atoms with E-state index in [0.29, 0.717) is 17.8 Å². The number of hydrogen-bond donors (Lipinski definition) is 0. The summed E-state index contributed by atoms with van der Waals surface area (Å²) in [6.45, 7) is 3.95. The lowest BCUT2D eigenvalue weighted by Gasteiger charge is -2.10. The monoisotopic (exact) mass is 403 g/mol. The first-order chi connectivity index (χ1) is 13.3. The molecule has 0 bridgehead atoms. The van der Waals surface area contributed by atoms with Crippen LogP contribution in [-0.2, 0) is 22.5 Å². The van der Waals surface area contributed by atoms with Crippen molar-refractivity contribution in [3.63, 3.8) is 0 Å². The summed E-state index contributed by atoms with van der Waals surface area (Å²) in [5.74, 6) is -1.03. The van der Waals surface area contributed by atoms with Crippen molar-refractivity contribution in [1.82, 2.24) is 9.78 Å². The van der Waals surface area contributed by atoms with Crippen molar-refractivity contribution >= 4 is 34.9 Å². The van der Waals surface area contributed by atoms with Gasteiger partial charge in [-0.2, -0.15) is 5.10 Å². The number of carbonyl (C=O) groups is 3. The third-order valence-corrected chi connectivity index (χ3v) is 5.19. The van der Waals surface area contributed by atoms with Gasteiger partial charge in [-0.25, -0.2) is 4.79 Å². The summed E-state index contributed by atoms with van der Waals surface area (Å²) in [5.41, 5.74) is 2.64. The number of esters is 1. The largest absolute Gasteiger partial charge is 0.454 e. The number of nitrogens with zero attached hydrogens (tertiary/aromatic N) is 3. The molecule has 148 valence electrons. The summed E-state index contributed by atoms with van der Waals surface area (Å²) in [6, 6.07) is 5.03. The Morgan fingerprint density at radius 3 is 2.79 bits per heavy atom. The van der Waals surface area contributed by atoms with Gasteiger partial charge in [0.25, 0.3) is 0 Å². The number of rotatable bonds is 7. The van der Waals surface area contributed by atoms with Crippen LogP contribution in [0.5, 0.6) is 0 Å². The predicted molar refractivity (Wildman–Crippen MR) is 105 cm³/mol. The number of ether oxygens (including phenoxy) is 1. The number of aromatic nitrogens is 2. The van der Waals surface area contributed by atoms with Crippen molar-refractivity contribution < 1.29 is 19.1 Å². The number of ketones is 1. The van der Waals surface area contributed by atoms with E-state index in [1.807, 2.05) is 0 Å². The van der Waals surface area contributed by atoms with Crippen LogP contribution in [0, 0.1) is 6.92 Å². The van der Waals surface area contributed by atoms with E-state index < -0.39 is 12.6 Å². The van der Waals surface area contributed by atoms with Crippen LogP contribution in [0.3, 0.4) is 0 Å². The van der Waals surface area contributed by atoms with E-state index in [1.54, 1.807) is 41.8 Å². The number of benzene rings is 1. The number of unbranched alkanes of at least 4 members (excludes halogenated alkanes) is 1. The smallest absolute Gasteiger partial charge is 0.343 e. The number of carbonyl (C=O) groups excluding carboxylic acids is 3. The van der Waals surface area contributed by atoms with E-state index >= 15 is 0 Å². The van der Waals surface area contributed by atoms with E-state index in [9.17, 15) is 14.4 Å². The normalized spacial score (nSPS) is 13.0. The first kappa shape index (κ1) is 20.1. The molecule has 0 N–H and O–H groups in total. The first-order valence-corrected chi connectivity index (χ1v) is 9.54. The maximum Gasteiger partial charge on any atom is 0.343 e. The second kappa shape index (κ2) is 8.14. The van der Waals surface area contributed by atoms with Crippen LogP contribution in [0.1, 0.15) is 51.7 Å². The van der Waals surface area contributed by atoms with E-state index in [2.05, 4.69) is 12.0 Å². The second-order valence-electron chi connectivity index (χ2n) is 6.80. The van der Waals surface area contributed by atoms with Gasteiger partial charge in [-0.3, -0.25) is 14.3 Å². The molecular formula is C20H22ClN3O4. The Bertz CT molecular complexity index is 951. The molecule has 1 aliphatic heterocycles. The minimum atomic E-state index is -0.672. The zero-order valence-corrected chi connectivity index (χ0v) is 16.9. The Morgan fingerprint density at radius 2 is 2.07 bits per heavy atom. The van der Waals surface area contributed by atoms with Gasteiger partial charge in [0.15, 0.2) is 12.4 Å².